The van der Waals surface area contributed by atoms with Crippen LogP contribution in [0.15, 0.2) is 0 Å². The largest absolute Gasteiger partial charge is 0.343 e. The Labute approximate surface area is 130 Å². The molecular formula is C16H31ClN2O. The van der Waals surface area contributed by atoms with Crippen molar-refractivity contribution in [2.75, 3.05) is 13.1 Å². The third-order valence-corrected chi connectivity index (χ3v) is 4.83. The predicted molar refractivity (Wildman–Crippen MR) is 85.9 cm³/mol. The van der Waals surface area contributed by atoms with E-state index in [0.717, 1.165) is 38.3 Å². The number of nitrogens with two attached hydrogens (primary N) is 1. The fourth-order valence-electron chi connectivity index (χ4n) is 4.22. The molecule has 2 atom stereocenters. The summed E-state index contributed by atoms with van der Waals surface area (Å²) in [6.45, 7) is 8.76. The number of hydrogen-bond acceptors (Lipinski definition) is 2. The van der Waals surface area contributed by atoms with Crippen molar-refractivity contribution in [1.82, 2.24) is 4.90 Å². The summed E-state index contributed by atoms with van der Waals surface area (Å²) in [5.74, 6) is 1.71. The van der Waals surface area contributed by atoms with E-state index in [9.17, 15) is 4.79 Å². The highest BCUT2D eigenvalue weighted by Crippen LogP contribution is 2.43. The zero-order chi connectivity index (χ0) is 14.0. The van der Waals surface area contributed by atoms with Crippen LogP contribution >= 0.6 is 12.4 Å². The Morgan fingerprint density at radius 2 is 1.85 bits per heavy atom. The van der Waals surface area contributed by atoms with Gasteiger partial charge in [-0.1, -0.05) is 20.8 Å². The molecule has 3 nitrogen and oxygen atoms in total. The quantitative estimate of drug-likeness (QED) is 0.851. The molecule has 0 bridgehead atoms. The van der Waals surface area contributed by atoms with Crippen LogP contribution in [0.4, 0.5) is 0 Å². The van der Waals surface area contributed by atoms with Gasteiger partial charge < -0.3 is 10.6 Å². The number of carbonyl (C=O) groups is 1. The molecule has 20 heavy (non-hydrogen) atoms. The van der Waals surface area contributed by atoms with Gasteiger partial charge in [-0.25, -0.2) is 0 Å². The molecule has 1 amide bonds. The monoisotopic (exact) mass is 302 g/mol. The van der Waals surface area contributed by atoms with Crippen LogP contribution in [-0.4, -0.2) is 29.9 Å². The van der Waals surface area contributed by atoms with Crippen LogP contribution in [0.1, 0.15) is 59.3 Å². The maximum atomic E-state index is 12.4. The van der Waals surface area contributed by atoms with Gasteiger partial charge in [-0.15, -0.1) is 12.4 Å². The van der Waals surface area contributed by atoms with Gasteiger partial charge in [0, 0.05) is 25.6 Å². The smallest absolute Gasteiger partial charge is 0.222 e. The van der Waals surface area contributed by atoms with Crippen molar-refractivity contribution >= 4 is 18.3 Å². The van der Waals surface area contributed by atoms with E-state index in [-0.39, 0.29) is 12.4 Å². The maximum Gasteiger partial charge on any atom is 0.222 e. The van der Waals surface area contributed by atoms with Gasteiger partial charge in [-0.3, -0.25) is 4.79 Å². The number of hydrogen-bond donors (Lipinski definition) is 1. The SMILES string of the molecule is CC1CC(CC(=O)N2CCC(N)CC2)CC(C)(C)C1.Cl. The van der Waals surface area contributed by atoms with E-state index < -0.39 is 0 Å². The molecule has 2 rings (SSSR count). The molecule has 2 fully saturated rings. The van der Waals surface area contributed by atoms with Crippen LogP contribution in [0.5, 0.6) is 0 Å². The van der Waals surface area contributed by atoms with Crippen LogP contribution < -0.4 is 5.73 Å². The molecule has 0 aromatic carbocycles. The molecule has 4 heteroatoms. The fourth-order valence-corrected chi connectivity index (χ4v) is 4.22. The van der Waals surface area contributed by atoms with E-state index in [2.05, 4.69) is 20.8 Å². The standard InChI is InChI=1S/C16H30N2O.ClH/c1-12-8-13(11-16(2,3)10-12)9-15(19)18-6-4-14(17)5-7-18;/h12-14H,4-11,17H2,1-3H3;1H. The lowest BCUT2D eigenvalue weighted by atomic mass is 9.67. The van der Waals surface area contributed by atoms with Crippen LogP contribution in [-0.2, 0) is 4.79 Å². The highest BCUT2D eigenvalue weighted by atomic mass is 35.5. The van der Waals surface area contributed by atoms with Gasteiger partial charge >= 0.3 is 0 Å². The Morgan fingerprint density at radius 3 is 2.40 bits per heavy atom. The molecule has 1 saturated carbocycles. The van der Waals surface area contributed by atoms with Crippen molar-refractivity contribution in [3.8, 4) is 0 Å². The topological polar surface area (TPSA) is 46.3 Å². The average molecular weight is 303 g/mol. The molecule has 118 valence electrons. The summed E-state index contributed by atoms with van der Waals surface area (Å²) in [6.07, 6.45) is 6.43. The Kier molecular flexibility index (Phi) is 6.33. The van der Waals surface area contributed by atoms with Gasteiger partial charge in [0.05, 0.1) is 0 Å². The zero-order valence-corrected chi connectivity index (χ0v) is 14.0. The molecule has 1 aliphatic heterocycles. The minimum atomic E-state index is 0. The van der Waals surface area contributed by atoms with E-state index in [0.29, 0.717) is 23.3 Å². The van der Waals surface area contributed by atoms with E-state index in [1.54, 1.807) is 0 Å². The summed E-state index contributed by atoms with van der Waals surface area (Å²) >= 11 is 0. The fraction of sp³-hybridized carbons (Fsp3) is 0.938. The average Bonchev–Trinajstić information content (AvgIpc) is 2.26. The molecule has 0 aromatic heterocycles. The van der Waals surface area contributed by atoms with E-state index in [1.165, 1.54) is 19.3 Å². The first-order valence-electron chi connectivity index (χ1n) is 7.89. The molecule has 1 aliphatic carbocycles. The van der Waals surface area contributed by atoms with E-state index in [1.807, 2.05) is 4.90 Å². The van der Waals surface area contributed by atoms with Gasteiger partial charge in [0.25, 0.3) is 0 Å². The van der Waals surface area contributed by atoms with Gasteiger partial charge in [0.15, 0.2) is 0 Å². The van der Waals surface area contributed by atoms with Gasteiger partial charge in [-0.05, 0) is 49.4 Å². The van der Waals surface area contributed by atoms with Crippen LogP contribution in [0.2, 0.25) is 0 Å². The third kappa shape index (κ3) is 4.92. The Balaban J connectivity index is 0.00000200. The van der Waals surface area contributed by atoms with Crippen LogP contribution in [0, 0.1) is 17.3 Å². The summed E-state index contributed by atoms with van der Waals surface area (Å²) in [5.41, 5.74) is 6.31. The highest BCUT2D eigenvalue weighted by molar-refractivity contribution is 5.85. The number of likely N-dealkylation sites (tertiary alicyclic amines) is 1. The van der Waals surface area contributed by atoms with Crippen LogP contribution in [0.3, 0.4) is 0 Å². The number of carbonyl (C=O) groups excluding carboxylic acids is 1. The van der Waals surface area contributed by atoms with Gasteiger partial charge in [-0.2, -0.15) is 0 Å². The zero-order valence-electron chi connectivity index (χ0n) is 13.2. The van der Waals surface area contributed by atoms with E-state index >= 15 is 0 Å². The normalized spacial score (nSPS) is 30.7. The van der Waals surface area contributed by atoms with Crippen molar-refractivity contribution in [3.05, 3.63) is 0 Å². The predicted octanol–water partition coefficient (Wildman–Crippen LogP) is 3.21. The van der Waals surface area contributed by atoms with Gasteiger partial charge in [0.1, 0.15) is 0 Å². The second kappa shape index (κ2) is 7.13. The first-order chi connectivity index (χ1) is 8.85. The summed E-state index contributed by atoms with van der Waals surface area (Å²) in [5, 5.41) is 0. The second-order valence-corrected chi connectivity index (χ2v) is 7.70. The maximum absolute atomic E-state index is 12.4. The highest BCUT2D eigenvalue weighted by Gasteiger charge is 2.34. The number of amides is 1. The van der Waals surface area contributed by atoms with Crippen molar-refractivity contribution < 1.29 is 4.79 Å². The number of halogens is 1. The first-order valence-corrected chi connectivity index (χ1v) is 7.89. The van der Waals surface area contributed by atoms with Crippen molar-refractivity contribution in [2.24, 2.45) is 23.0 Å². The Morgan fingerprint density at radius 1 is 1.25 bits per heavy atom. The molecule has 2 N–H and O–H groups in total. The molecular weight excluding hydrogens is 272 g/mol. The number of nitrogens with zero attached hydrogens (tertiary/aromatic N) is 1. The van der Waals surface area contributed by atoms with Crippen molar-refractivity contribution in [3.63, 3.8) is 0 Å². The lowest BCUT2D eigenvalue weighted by Gasteiger charge is -2.40. The number of piperidine rings is 1. The molecule has 0 aromatic rings. The molecule has 2 aliphatic rings. The Bertz CT molecular complexity index is 324. The lowest BCUT2D eigenvalue weighted by Crippen LogP contribution is -2.43. The van der Waals surface area contributed by atoms with Crippen molar-refractivity contribution in [1.29, 1.82) is 0 Å². The number of rotatable bonds is 2. The third-order valence-electron chi connectivity index (χ3n) is 4.83. The lowest BCUT2D eigenvalue weighted by molar-refractivity contribution is -0.133. The summed E-state index contributed by atoms with van der Waals surface area (Å²) in [6, 6.07) is 0.303. The summed E-state index contributed by atoms with van der Waals surface area (Å²) in [4.78, 5) is 14.4. The molecule has 1 heterocycles. The molecule has 0 radical (unpaired) electrons. The minimum Gasteiger partial charge on any atom is -0.343 e. The summed E-state index contributed by atoms with van der Waals surface area (Å²) < 4.78 is 0. The first kappa shape index (κ1) is 17.8. The van der Waals surface area contributed by atoms with Crippen LogP contribution in [0.25, 0.3) is 0 Å². The van der Waals surface area contributed by atoms with Gasteiger partial charge in [0.2, 0.25) is 5.91 Å². The molecule has 1 saturated heterocycles. The van der Waals surface area contributed by atoms with E-state index in [4.69, 9.17) is 5.73 Å². The van der Waals surface area contributed by atoms with Crippen molar-refractivity contribution in [2.45, 2.75) is 65.3 Å². The molecule has 0 spiro atoms. The minimum absolute atomic E-state index is 0. The Hall–Kier alpha value is -0.280. The second-order valence-electron chi connectivity index (χ2n) is 7.70. The molecule has 2 unspecified atom stereocenters. The summed E-state index contributed by atoms with van der Waals surface area (Å²) in [7, 11) is 0.